The molecule has 4 rings (SSSR count). The molecule has 3 aromatic rings. The van der Waals surface area contributed by atoms with Crippen molar-refractivity contribution in [1.29, 1.82) is 0 Å². The first-order valence-corrected chi connectivity index (χ1v) is 14.0. The van der Waals surface area contributed by atoms with Crippen molar-refractivity contribution in [3.63, 3.8) is 0 Å². The van der Waals surface area contributed by atoms with Gasteiger partial charge in [0.25, 0.3) is 0 Å². The van der Waals surface area contributed by atoms with Crippen LogP contribution in [0.15, 0.2) is 78.9 Å². The summed E-state index contributed by atoms with van der Waals surface area (Å²) >= 11 is 0. The lowest BCUT2D eigenvalue weighted by Gasteiger charge is -2.37. The van der Waals surface area contributed by atoms with E-state index < -0.39 is 26.8 Å². The van der Waals surface area contributed by atoms with Gasteiger partial charge in [-0.2, -0.15) is 0 Å². The van der Waals surface area contributed by atoms with E-state index in [4.69, 9.17) is 37.5 Å². The number of hydrogen-bond acceptors (Lipinski definition) is 6. The van der Waals surface area contributed by atoms with E-state index in [2.05, 4.69) is 0 Å². The van der Waals surface area contributed by atoms with Crippen molar-refractivity contribution in [2.75, 3.05) is 26.6 Å². The third kappa shape index (κ3) is 5.89. The van der Waals surface area contributed by atoms with Crippen molar-refractivity contribution in [3.8, 4) is 11.5 Å². The molecule has 1 aliphatic heterocycles. The minimum Gasteiger partial charge on any atom is -0.497 e. The second-order valence-corrected chi connectivity index (χ2v) is 11.6. The van der Waals surface area contributed by atoms with E-state index in [1.165, 1.54) is 0 Å². The van der Waals surface area contributed by atoms with Crippen molar-refractivity contribution in [2.45, 2.75) is 24.1 Å². The molecule has 0 amide bonds. The summed E-state index contributed by atoms with van der Waals surface area (Å²) in [6.45, 7) is 0.0950. The van der Waals surface area contributed by atoms with E-state index in [-0.39, 0.29) is 18.3 Å². The second kappa shape index (κ2) is 11.3. The molecule has 0 bridgehead atoms. The van der Waals surface area contributed by atoms with Gasteiger partial charge in [0.2, 0.25) is 9.05 Å². The first kappa shape index (κ1) is 26.5. The molecule has 9 heteroatoms. The zero-order valence-corrected chi connectivity index (χ0v) is 21.7. The van der Waals surface area contributed by atoms with Crippen LogP contribution in [0.5, 0.6) is 11.5 Å². The summed E-state index contributed by atoms with van der Waals surface area (Å²) in [7, 11) is 11.1. The Balaban J connectivity index is 1.81. The third-order valence-electron chi connectivity index (χ3n) is 6.46. The molecule has 1 heterocycles. The molecule has 3 unspecified atom stereocenters. The van der Waals surface area contributed by atoms with E-state index in [1.54, 1.807) is 14.2 Å². The zero-order valence-electron chi connectivity index (χ0n) is 20.2. The summed E-state index contributed by atoms with van der Waals surface area (Å²) in [5.74, 6) is 0.809. The maximum Gasteiger partial charge on any atom is 0.232 e. The maximum atomic E-state index is 11.8. The molecule has 3 atom stereocenters. The highest BCUT2D eigenvalue weighted by atomic mass is 35.7. The number of hydrogen-bond donors (Lipinski definition) is 0. The molecule has 3 aromatic carbocycles. The predicted molar refractivity (Wildman–Crippen MR) is 140 cm³/mol. The van der Waals surface area contributed by atoms with Crippen LogP contribution >= 0.6 is 10.7 Å². The minimum atomic E-state index is -3.74. The molecular weight excluding hydrogens is 499 g/mol. The molecule has 0 N–H and O–H groups in total. The van der Waals surface area contributed by atoms with Gasteiger partial charge in [0.15, 0.2) is 0 Å². The molecule has 1 fully saturated rings. The van der Waals surface area contributed by atoms with Crippen LogP contribution in [0.3, 0.4) is 0 Å². The van der Waals surface area contributed by atoms with Crippen LogP contribution in [0.2, 0.25) is 0 Å². The topological polar surface area (TPSA) is 71.1 Å². The van der Waals surface area contributed by atoms with Gasteiger partial charge in [-0.05, 0) is 47.4 Å². The molecule has 36 heavy (non-hydrogen) atoms. The largest absolute Gasteiger partial charge is 0.497 e. The normalized spacial score (nSPS) is 20.2. The number of halogens is 1. The van der Waals surface area contributed by atoms with Crippen LogP contribution in [0.25, 0.3) is 0 Å². The Kier molecular flexibility index (Phi) is 8.30. The van der Waals surface area contributed by atoms with E-state index in [0.717, 1.165) is 16.7 Å². The van der Waals surface area contributed by atoms with Crippen LogP contribution in [-0.4, -0.2) is 55.0 Å². The van der Waals surface area contributed by atoms with E-state index in [1.807, 2.05) is 78.9 Å². The first-order valence-electron chi connectivity index (χ1n) is 11.6. The Labute approximate surface area is 218 Å². The van der Waals surface area contributed by atoms with Crippen LogP contribution in [0, 0.1) is 5.92 Å². The van der Waals surface area contributed by atoms with Gasteiger partial charge in [-0.25, -0.2) is 8.42 Å². The molecular formula is C27H28BClO6S. The highest BCUT2D eigenvalue weighted by Gasteiger charge is 2.42. The highest BCUT2D eigenvalue weighted by molar-refractivity contribution is 8.13. The van der Waals surface area contributed by atoms with Gasteiger partial charge in [0.05, 0.1) is 32.7 Å². The molecule has 0 saturated carbocycles. The average molecular weight is 527 g/mol. The molecule has 1 saturated heterocycles. The van der Waals surface area contributed by atoms with Crippen LogP contribution in [0.4, 0.5) is 0 Å². The summed E-state index contributed by atoms with van der Waals surface area (Å²) in [4.78, 5) is 0. The number of ether oxygens (including phenoxy) is 4. The zero-order chi connectivity index (χ0) is 25.8. The highest BCUT2D eigenvalue weighted by Crippen LogP contribution is 2.42. The summed E-state index contributed by atoms with van der Waals surface area (Å²) in [5, 5.41) is 0. The molecule has 1 aliphatic rings. The smallest absolute Gasteiger partial charge is 0.232 e. The quantitative estimate of drug-likeness (QED) is 0.220. The van der Waals surface area contributed by atoms with Crippen molar-refractivity contribution < 1.29 is 27.4 Å². The molecule has 0 aliphatic carbocycles. The lowest BCUT2D eigenvalue weighted by Crippen LogP contribution is -2.37. The first-order chi connectivity index (χ1) is 17.2. The Morgan fingerprint density at radius 2 is 1.39 bits per heavy atom. The van der Waals surface area contributed by atoms with Crippen LogP contribution in [-0.2, 0) is 24.1 Å². The Morgan fingerprint density at radius 1 is 0.889 bits per heavy atom. The number of methoxy groups -OCH3 is 2. The SMILES string of the molecule is [B]C1CC(CS(=O)(=O)Cl)C(COC(c2ccccc2)(c2ccc(OC)cc2)c2ccc(OC)cc2)O1. The molecule has 6 nitrogen and oxygen atoms in total. The fraction of sp³-hybridized carbons (Fsp3) is 0.333. The fourth-order valence-electron chi connectivity index (χ4n) is 4.73. The summed E-state index contributed by atoms with van der Waals surface area (Å²) in [5.41, 5.74) is 1.58. The van der Waals surface area contributed by atoms with Gasteiger partial charge in [-0.15, -0.1) is 0 Å². The van der Waals surface area contributed by atoms with Crippen molar-refractivity contribution in [1.82, 2.24) is 0 Å². The number of rotatable bonds is 10. The maximum absolute atomic E-state index is 11.8. The van der Waals surface area contributed by atoms with Crippen LogP contribution < -0.4 is 9.47 Å². The standard InChI is InChI=1S/C27H28BClO6S/c1-32-23-12-8-21(9-13-23)27(20-6-4-3-5-7-20,22-10-14-24(33-2)15-11-22)34-17-25-19(16-26(28)35-25)18-36(29,30)31/h3-15,19,25-26H,16-18H2,1-2H3. The summed E-state index contributed by atoms with van der Waals surface area (Å²) in [6, 6.07) is 24.6. The van der Waals surface area contributed by atoms with Crippen molar-refractivity contribution in [3.05, 3.63) is 95.6 Å². The Hall–Kier alpha value is -2.52. The van der Waals surface area contributed by atoms with Gasteiger partial charge in [-0.1, -0.05) is 54.6 Å². The average Bonchev–Trinajstić information content (AvgIpc) is 3.22. The van der Waals surface area contributed by atoms with E-state index in [0.29, 0.717) is 17.9 Å². The predicted octanol–water partition coefficient (Wildman–Crippen LogP) is 4.48. The van der Waals surface area contributed by atoms with Gasteiger partial charge in [0.1, 0.15) is 24.9 Å². The van der Waals surface area contributed by atoms with E-state index >= 15 is 0 Å². The summed E-state index contributed by atoms with van der Waals surface area (Å²) < 4.78 is 47.1. The van der Waals surface area contributed by atoms with Gasteiger partial charge >= 0.3 is 0 Å². The van der Waals surface area contributed by atoms with Gasteiger partial charge in [-0.3, -0.25) is 0 Å². The van der Waals surface area contributed by atoms with Crippen molar-refractivity contribution >= 4 is 27.6 Å². The number of benzene rings is 3. The van der Waals surface area contributed by atoms with Crippen LogP contribution in [0.1, 0.15) is 23.1 Å². The lowest BCUT2D eigenvalue weighted by molar-refractivity contribution is -0.0585. The summed E-state index contributed by atoms with van der Waals surface area (Å²) in [6.07, 6.45) is -0.170. The second-order valence-electron chi connectivity index (χ2n) is 8.73. The molecule has 0 spiro atoms. The van der Waals surface area contributed by atoms with E-state index in [9.17, 15) is 8.42 Å². The van der Waals surface area contributed by atoms with Gasteiger partial charge in [0, 0.05) is 22.6 Å². The Morgan fingerprint density at radius 3 is 1.86 bits per heavy atom. The monoisotopic (exact) mass is 526 g/mol. The third-order valence-corrected chi connectivity index (χ3v) is 7.67. The van der Waals surface area contributed by atoms with Crippen molar-refractivity contribution in [2.24, 2.45) is 5.92 Å². The molecule has 2 radical (unpaired) electrons. The molecule has 188 valence electrons. The Bertz CT molecular complexity index is 1190. The van der Waals surface area contributed by atoms with Gasteiger partial charge < -0.3 is 18.9 Å². The fourth-order valence-corrected chi connectivity index (χ4v) is 6.08. The minimum absolute atomic E-state index is 0.0950. The lowest BCUT2D eigenvalue weighted by atomic mass is 9.80. The molecule has 0 aromatic heterocycles.